The number of hydrogen-bond acceptors (Lipinski definition) is 4. The Hall–Kier alpha value is -1.81. The fraction of sp³-hybridized carbons (Fsp3) is 0.765. The minimum absolute atomic E-state index is 0.0436. The normalized spacial score (nSPS) is 18.1. The van der Waals surface area contributed by atoms with Crippen LogP contribution in [0.4, 0.5) is 13.2 Å². The molecule has 0 aromatic carbocycles. The summed E-state index contributed by atoms with van der Waals surface area (Å²) in [6.07, 6.45) is -0.0427. The maximum absolute atomic E-state index is 13.0. The molecule has 0 amide bonds. The van der Waals surface area contributed by atoms with Gasteiger partial charge in [0.25, 0.3) is 0 Å². The third kappa shape index (κ3) is 7.37. The zero-order valence-corrected chi connectivity index (χ0v) is 15.8. The topological polar surface area (TPSA) is 72.7 Å². The molecule has 0 spiro atoms. The van der Waals surface area contributed by atoms with Crippen molar-refractivity contribution in [3.63, 3.8) is 0 Å². The first-order valence-electron chi connectivity index (χ1n) is 9.21. The Kier molecular flexibility index (Phi) is 8.36. The molecule has 1 aromatic rings. The van der Waals surface area contributed by atoms with Crippen LogP contribution in [-0.4, -0.2) is 54.8 Å². The lowest BCUT2D eigenvalue weighted by molar-refractivity contribution is -0.142. The molecule has 1 aromatic heterocycles. The number of aromatic nitrogens is 2. The molecule has 10 heteroatoms. The first-order valence-corrected chi connectivity index (χ1v) is 9.21. The van der Waals surface area contributed by atoms with Gasteiger partial charge in [0.2, 0.25) is 0 Å². The second-order valence-corrected chi connectivity index (χ2v) is 6.36. The summed E-state index contributed by atoms with van der Waals surface area (Å²) in [5, 5.41) is 9.62. The van der Waals surface area contributed by atoms with Crippen molar-refractivity contribution in [1.82, 2.24) is 20.4 Å². The van der Waals surface area contributed by atoms with E-state index >= 15 is 0 Å². The van der Waals surface area contributed by atoms with Crippen molar-refractivity contribution in [3.8, 4) is 0 Å². The molecular formula is C17H28F3N5O2. The van der Waals surface area contributed by atoms with Gasteiger partial charge in [-0.1, -0.05) is 0 Å². The van der Waals surface area contributed by atoms with Crippen molar-refractivity contribution in [2.75, 3.05) is 32.9 Å². The van der Waals surface area contributed by atoms with Crippen molar-refractivity contribution in [2.24, 2.45) is 12.0 Å². The zero-order valence-electron chi connectivity index (χ0n) is 15.8. The molecular weight excluding hydrogens is 363 g/mol. The van der Waals surface area contributed by atoms with Gasteiger partial charge in [-0.3, -0.25) is 4.68 Å². The lowest BCUT2D eigenvalue weighted by Crippen LogP contribution is -2.38. The molecule has 1 unspecified atom stereocenters. The van der Waals surface area contributed by atoms with Gasteiger partial charge in [0.1, 0.15) is 0 Å². The van der Waals surface area contributed by atoms with Gasteiger partial charge in [0.15, 0.2) is 11.7 Å². The highest BCUT2D eigenvalue weighted by Crippen LogP contribution is 2.30. The Labute approximate surface area is 157 Å². The van der Waals surface area contributed by atoms with Crippen molar-refractivity contribution in [2.45, 2.75) is 45.0 Å². The summed E-state index contributed by atoms with van der Waals surface area (Å²) in [6, 6.07) is 0. The van der Waals surface area contributed by atoms with E-state index in [0.717, 1.165) is 30.6 Å². The molecule has 0 bridgehead atoms. The number of aryl methyl sites for hydroxylation is 1. The summed E-state index contributed by atoms with van der Waals surface area (Å²) in [4.78, 5) is 4.23. The Bertz CT molecular complexity index is 598. The predicted molar refractivity (Wildman–Crippen MR) is 95.4 cm³/mol. The molecule has 2 N–H and O–H groups in total. The molecule has 2 heterocycles. The van der Waals surface area contributed by atoms with Gasteiger partial charge in [0, 0.05) is 45.1 Å². The number of aliphatic imine (C=N–C) groups is 1. The highest BCUT2D eigenvalue weighted by atomic mass is 19.4. The Morgan fingerprint density at radius 2 is 2.26 bits per heavy atom. The van der Waals surface area contributed by atoms with E-state index in [-0.39, 0.29) is 18.2 Å². The smallest absolute Gasteiger partial charge is 0.379 e. The van der Waals surface area contributed by atoms with Crippen molar-refractivity contribution in [3.05, 3.63) is 17.5 Å². The van der Waals surface area contributed by atoms with Crippen LogP contribution in [0.3, 0.4) is 0 Å². The maximum atomic E-state index is 13.0. The molecule has 0 radical (unpaired) electrons. The van der Waals surface area contributed by atoms with Crippen LogP contribution < -0.4 is 10.6 Å². The summed E-state index contributed by atoms with van der Waals surface area (Å²) in [5.74, 6) is 0.466. The lowest BCUT2D eigenvalue weighted by atomic mass is 10.2. The monoisotopic (exact) mass is 391 g/mol. The van der Waals surface area contributed by atoms with E-state index in [1.807, 2.05) is 6.92 Å². The molecule has 1 saturated heterocycles. The summed E-state index contributed by atoms with van der Waals surface area (Å²) >= 11 is 0. The van der Waals surface area contributed by atoms with Crippen LogP contribution in [0.5, 0.6) is 0 Å². The number of guanidine groups is 1. The van der Waals surface area contributed by atoms with Crippen molar-refractivity contribution >= 4 is 5.96 Å². The highest BCUT2D eigenvalue weighted by Gasteiger charge is 2.36. The van der Waals surface area contributed by atoms with Gasteiger partial charge in [-0.15, -0.1) is 0 Å². The van der Waals surface area contributed by atoms with Crippen molar-refractivity contribution < 1.29 is 22.6 Å². The number of nitrogens with one attached hydrogen (secondary N) is 2. The number of rotatable bonds is 9. The first-order chi connectivity index (χ1) is 12.9. The van der Waals surface area contributed by atoms with Gasteiger partial charge in [0.05, 0.1) is 19.3 Å². The van der Waals surface area contributed by atoms with Gasteiger partial charge in [-0.2, -0.15) is 18.3 Å². The molecule has 154 valence electrons. The molecule has 2 rings (SSSR count). The predicted octanol–water partition coefficient (Wildman–Crippen LogP) is 2.08. The van der Waals surface area contributed by atoms with E-state index in [9.17, 15) is 13.2 Å². The summed E-state index contributed by atoms with van der Waals surface area (Å²) < 4.78 is 51.2. The van der Waals surface area contributed by atoms with E-state index in [0.29, 0.717) is 32.3 Å². The van der Waals surface area contributed by atoms with Crippen LogP contribution in [0.25, 0.3) is 0 Å². The second-order valence-electron chi connectivity index (χ2n) is 6.36. The van der Waals surface area contributed by atoms with Crippen LogP contribution >= 0.6 is 0 Å². The van der Waals surface area contributed by atoms with Crippen LogP contribution in [0.15, 0.2) is 11.2 Å². The molecule has 1 atom stereocenters. The van der Waals surface area contributed by atoms with Crippen LogP contribution in [-0.2, 0) is 29.2 Å². The quantitative estimate of drug-likeness (QED) is 0.383. The van der Waals surface area contributed by atoms with Crippen LogP contribution in [0.2, 0.25) is 0 Å². The molecule has 0 aliphatic carbocycles. The summed E-state index contributed by atoms with van der Waals surface area (Å²) in [7, 11) is 1.46. The maximum Gasteiger partial charge on any atom is 0.435 e. The Morgan fingerprint density at radius 1 is 1.44 bits per heavy atom. The van der Waals surface area contributed by atoms with Crippen LogP contribution in [0.1, 0.15) is 37.4 Å². The SMILES string of the molecule is CCNC(=NCc1cn(C)nc1C(F)(F)F)NCCCOCC1CCCO1. The van der Waals surface area contributed by atoms with Gasteiger partial charge >= 0.3 is 6.18 Å². The number of nitrogens with zero attached hydrogens (tertiary/aromatic N) is 3. The average molecular weight is 391 g/mol. The molecule has 0 saturated carbocycles. The molecule has 7 nitrogen and oxygen atoms in total. The minimum Gasteiger partial charge on any atom is -0.379 e. The third-order valence-electron chi connectivity index (χ3n) is 4.01. The highest BCUT2D eigenvalue weighted by molar-refractivity contribution is 5.79. The lowest BCUT2D eigenvalue weighted by Gasteiger charge is -2.13. The standard InChI is InChI=1S/C17H28F3N5O2/c1-3-21-16(22-7-5-8-26-12-14-6-4-9-27-14)23-10-13-11-25(2)24-15(13)17(18,19)20/h11,14H,3-10,12H2,1-2H3,(H2,21,22,23). The molecule has 1 aliphatic rings. The molecule has 27 heavy (non-hydrogen) atoms. The largest absolute Gasteiger partial charge is 0.435 e. The fourth-order valence-electron chi connectivity index (χ4n) is 2.77. The van der Waals surface area contributed by atoms with E-state index in [4.69, 9.17) is 9.47 Å². The summed E-state index contributed by atoms with van der Waals surface area (Å²) in [5.41, 5.74) is -0.853. The van der Waals surface area contributed by atoms with Crippen molar-refractivity contribution in [1.29, 1.82) is 0 Å². The minimum atomic E-state index is -4.49. The first kappa shape index (κ1) is 21.5. The zero-order chi connectivity index (χ0) is 19.7. The van der Waals surface area contributed by atoms with E-state index < -0.39 is 11.9 Å². The van der Waals surface area contributed by atoms with Gasteiger partial charge < -0.3 is 20.1 Å². The molecule has 1 aliphatic heterocycles. The Morgan fingerprint density at radius 3 is 2.93 bits per heavy atom. The molecule has 1 fully saturated rings. The number of ether oxygens (including phenoxy) is 2. The summed E-state index contributed by atoms with van der Waals surface area (Å²) in [6.45, 7) is 5.02. The van der Waals surface area contributed by atoms with E-state index in [1.165, 1.54) is 13.2 Å². The average Bonchev–Trinajstić information content (AvgIpc) is 3.24. The van der Waals surface area contributed by atoms with E-state index in [2.05, 4.69) is 20.7 Å². The second kappa shape index (κ2) is 10.5. The Balaban J connectivity index is 1.77. The van der Waals surface area contributed by atoms with Gasteiger partial charge in [-0.05, 0) is 26.2 Å². The fourth-order valence-corrected chi connectivity index (χ4v) is 2.77. The number of alkyl halides is 3. The third-order valence-corrected chi connectivity index (χ3v) is 4.01. The number of halogens is 3. The number of hydrogen-bond donors (Lipinski definition) is 2. The van der Waals surface area contributed by atoms with Crippen LogP contribution in [0, 0.1) is 0 Å². The van der Waals surface area contributed by atoms with Gasteiger partial charge in [-0.25, -0.2) is 4.99 Å². The van der Waals surface area contributed by atoms with E-state index in [1.54, 1.807) is 0 Å².